The largest absolute Gasteiger partial charge is 0.378 e. The Labute approximate surface area is 90.1 Å². The molecule has 1 fully saturated rings. The van der Waals surface area contributed by atoms with Gasteiger partial charge in [-0.25, -0.2) is 0 Å². The smallest absolute Gasteiger partial charge is 0.101 e. The first-order valence-electron chi connectivity index (χ1n) is 5.36. The van der Waals surface area contributed by atoms with Gasteiger partial charge in [-0.05, 0) is 25.8 Å². The SMILES string of the molecule is CC1(Nc2cnccc2C#N)CCCC1. The first kappa shape index (κ1) is 9.97. The molecule has 0 spiro atoms. The van der Waals surface area contributed by atoms with Crippen molar-refractivity contribution in [2.45, 2.75) is 38.1 Å². The maximum Gasteiger partial charge on any atom is 0.101 e. The number of nitrogens with one attached hydrogen (secondary N) is 1. The van der Waals surface area contributed by atoms with E-state index >= 15 is 0 Å². The minimum Gasteiger partial charge on any atom is -0.378 e. The Balaban J connectivity index is 2.20. The van der Waals surface area contributed by atoms with Crippen molar-refractivity contribution in [2.24, 2.45) is 0 Å². The molecule has 1 aromatic rings. The second-order valence-corrected chi connectivity index (χ2v) is 4.43. The minimum atomic E-state index is 0.147. The van der Waals surface area contributed by atoms with Gasteiger partial charge in [0, 0.05) is 11.7 Å². The Morgan fingerprint density at radius 2 is 2.20 bits per heavy atom. The lowest BCUT2D eigenvalue weighted by molar-refractivity contribution is 0.533. The van der Waals surface area contributed by atoms with Gasteiger partial charge in [-0.3, -0.25) is 4.98 Å². The van der Waals surface area contributed by atoms with Gasteiger partial charge in [0.25, 0.3) is 0 Å². The van der Waals surface area contributed by atoms with Crippen LogP contribution in [-0.4, -0.2) is 10.5 Å². The molecule has 0 atom stereocenters. The molecule has 0 amide bonds. The summed E-state index contributed by atoms with van der Waals surface area (Å²) >= 11 is 0. The van der Waals surface area contributed by atoms with Crippen molar-refractivity contribution in [3.63, 3.8) is 0 Å². The Morgan fingerprint density at radius 1 is 1.47 bits per heavy atom. The summed E-state index contributed by atoms with van der Waals surface area (Å²) in [6.07, 6.45) is 8.28. The molecule has 1 aliphatic rings. The molecule has 0 radical (unpaired) electrons. The fourth-order valence-corrected chi connectivity index (χ4v) is 2.20. The number of rotatable bonds is 2. The molecule has 78 valence electrons. The zero-order chi connectivity index (χ0) is 10.7. The van der Waals surface area contributed by atoms with E-state index in [-0.39, 0.29) is 5.54 Å². The van der Waals surface area contributed by atoms with Gasteiger partial charge in [0.2, 0.25) is 0 Å². The van der Waals surface area contributed by atoms with Crippen LogP contribution in [0.2, 0.25) is 0 Å². The van der Waals surface area contributed by atoms with Crippen LogP contribution in [0.4, 0.5) is 5.69 Å². The zero-order valence-electron chi connectivity index (χ0n) is 8.95. The van der Waals surface area contributed by atoms with Crippen molar-refractivity contribution in [1.29, 1.82) is 5.26 Å². The van der Waals surface area contributed by atoms with E-state index in [9.17, 15) is 0 Å². The Bertz CT molecular complexity index is 386. The molecule has 1 heterocycles. The van der Waals surface area contributed by atoms with Gasteiger partial charge in [0.1, 0.15) is 6.07 Å². The van der Waals surface area contributed by atoms with E-state index in [0.29, 0.717) is 5.56 Å². The normalized spacial score (nSPS) is 18.4. The molecule has 0 bridgehead atoms. The number of pyridine rings is 1. The van der Waals surface area contributed by atoms with Crippen LogP contribution in [0.15, 0.2) is 18.5 Å². The van der Waals surface area contributed by atoms with E-state index in [1.807, 2.05) is 0 Å². The van der Waals surface area contributed by atoms with Gasteiger partial charge in [-0.1, -0.05) is 12.8 Å². The van der Waals surface area contributed by atoms with Crippen molar-refractivity contribution < 1.29 is 0 Å². The highest BCUT2D eigenvalue weighted by Gasteiger charge is 2.28. The second-order valence-electron chi connectivity index (χ2n) is 4.43. The van der Waals surface area contributed by atoms with Crippen LogP contribution in [0.5, 0.6) is 0 Å². The molecule has 3 nitrogen and oxygen atoms in total. The van der Waals surface area contributed by atoms with E-state index < -0.39 is 0 Å². The standard InChI is InChI=1S/C12H15N3/c1-12(5-2-3-6-12)15-11-9-14-7-4-10(11)8-13/h4,7,9,15H,2-3,5-6H2,1H3. The number of hydrogen-bond donors (Lipinski definition) is 1. The first-order valence-corrected chi connectivity index (χ1v) is 5.36. The van der Waals surface area contributed by atoms with Crippen LogP contribution in [-0.2, 0) is 0 Å². The molecule has 15 heavy (non-hydrogen) atoms. The van der Waals surface area contributed by atoms with Gasteiger partial charge >= 0.3 is 0 Å². The monoisotopic (exact) mass is 201 g/mol. The van der Waals surface area contributed by atoms with Gasteiger partial charge in [0.15, 0.2) is 0 Å². The molecule has 1 saturated carbocycles. The molecular weight excluding hydrogens is 186 g/mol. The predicted molar refractivity (Wildman–Crippen MR) is 59.4 cm³/mol. The zero-order valence-corrected chi connectivity index (χ0v) is 8.95. The third-order valence-corrected chi connectivity index (χ3v) is 3.09. The summed E-state index contributed by atoms with van der Waals surface area (Å²) in [5.41, 5.74) is 1.69. The fraction of sp³-hybridized carbons (Fsp3) is 0.500. The van der Waals surface area contributed by atoms with Crippen LogP contribution >= 0.6 is 0 Å². The van der Waals surface area contributed by atoms with Gasteiger partial charge in [-0.2, -0.15) is 5.26 Å². The average Bonchev–Trinajstić information content (AvgIpc) is 2.66. The summed E-state index contributed by atoms with van der Waals surface area (Å²) in [6.45, 7) is 2.22. The lowest BCUT2D eigenvalue weighted by Gasteiger charge is -2.26. The number of nitrogens with zero attached hydrogens (tertiary/aromatic N) is 2. The molecule has 3 heteroatoms. The molecule has 0 aromatic carbocycles. The lowest BCUT2D eigenvalue weighted by atomic mass is 10.00. The van der Waals surface area contributed by atoms with Crippen molar-refractivity contribution in [2.75, 3.05) is 5.32 Å². The quantitative estimate of drug-likeness (QED) is 0.800. The van der Waals surface area contributed by atoms with E-state index in [4.69, 9.17) is 5.26 Å². The van der Waals surface area contributed by atoms with Crippen LogP contribution in [0, 0.1) is 11.3 Å². The topological polar surface area (TPSA) is 48.7 Å². The van der Waals surface area contributed by atoms with Gasteiger partial charge in [0.05, 0.1) is 17.4 Å². The summed E-state index contributed by atoms with van der Waals surface area (Å²) in [4.78, 5) is 4.05. The van der Waals surface area contributed by atoms with Crippen molar-refractivity contribution in [1.82, 2.24) is 4.98 Å². The summed E-state index contributed by atoms with van der Waals surface area (Å²) < 4.78 is 0. The van der Waals surface area contributed by atoms with Gasteiger partial charge < -0.3 is 5.32 Å². The van der Waals surface area contributed by atoms with Crippen LogP contribution in [0.1, 0.15) is 38.2 Å². The van der Waals surface area contributed by atoms with Crippen LogP contribution in [0.25, 0.3) is 0 Å². The van der Waals surface area contributed by atoms with Crippen LogP contribution < -0.4 is 5.32 Å². The fourth-order valence-electron chi connectivity index (χ4n) is 2.20. The Kier molecular flexibility index (Phi) is 2.59. The molecule has 0 aliphatic heterocycles. The summed E-state index contributed by atoms with van der Waals surface area (Å²) in [6, 6.07) is 3.93. The Hall–Kier alpha value is -1.56. The number of aromatic nitrogens is 1. The van der Waals surface area contributed by atoms with E-state index in [0.717, 1.165) is 5.69 Å². The first-order chi connectivity index (χ1) is 7.23. The molecule has 0 saturated heterocycles. The predicted octanol–water partition coefficient (Wildman–Crippen LogP) is 2.70. The maximum atomic E-state index is 8.96. The maximum absolute atomic E-state index is 8.96. The number of anilines is 1. The van der Waals surface area contributed by atoms with Crippen molar-refractivity contribution in [3.05, 3.63) is 24.0 Å². The van der Waals surface area contributed by atoms with Crippen molar-refractivity contribution >= 4 is 5.69 Å². The Morgan fingerprint density at radius 3 is 2.87 bits per heavy atom. The molecule has 1 aromatic heterocycles. The molecule has 1 N–H and O–H groups in total. The minimum absolute atomic E-state index is 0.147. The average molecular weight is 201 g/mol. The van der Waals surface area contributed by atoms with E-state index in [1.165, 1.54) is 25.7 Å². The summed E-state index contributed by atoms with van der Waals surface area (Å²) in [7, 11) is 0. The molecular formula is C12H15N3. The van der Waals surface area contributed by atoms with Crippen molar-refractivity contribution in [3.8, 4) is 6.07 Å². The van der Waals surface area contributed by atoms with E-state index in [1.54, 1.807) is 18.5 Å². The van der Waals surface area contributed by atoms with Crippen LogP contribution in [0.3, 0.4) is 0 Å². The summed E-state index contributed by atoms with van der Waals surface area (Å²) in [5, 5.41) is 12.4. The third-order valence-electron chi connectivity index (χ3n) is 3.09. The molecule has 0 unspecified atom stereocenters. The highest BCUT2D eigenvalue weighted by Crippen LogP contribution is 2.33. The summed E-state index contributed by atoms with van der Waals surface area (Å²) in [5.74, 6) is 0. The second kappa shape index (κ2) is 3.90. The molecule has 2 rings (SSSR count). The van der Waals surface area contributed by atoms with Gasteiger partial charge in [-0.15, -0.1) is 0 Å². The highest BCUT2D eigenvalue weighted by atomic mass is 15.0. The third kappa shape index (κ3) is 2.10. The molecule has 1 aliphatic carbocycles. The lowest BCUT2D eigenvalue weighted by Crippen LogP contribution is -2.31. The number of hydrogen-bond acceptors (Lipinski definition) is 3. The number of nitriles is 1. The van der Waals surface area contributed by atoms with E-state index in [2.05, 4.69) is 23.3 Å². The highest BCUT2D eigenvalue weighted by molar-refractivity contribution is 5.56.